The molecule has 4 saturated carbocycles. The maximum Gasteiger partial charge on any atom is 0.321 e. The first-order chi connectivity index (χ1) is 58.1. The summed E-state index contributed by atoms with van der Waals surface area (Å²) in [7, 11) is 1.51. The number of phenols is 3. The molecule has 16 rings (SSSR count). The van der Waals surface area contributed by atoms with E-state index in [2.05, 4.69) is 44.1 Å². The number of hydrogen-bond donors (Lipinski definition) is 17. The number of carbonyl (C=O) groups excluding carboxylic acids is 9. The predicted molar refractivity (Wildman–Crippen MR) is 440 cm³/mol. The number of carbonyl (C=O) groups is 9. The summed E-state index contributed by atoms with van der Waals surface area (Å²) in [4.78, 5) is 139. The SMILES string of the molecule is CCCCCCCCNC(=O)NC(=O)C[C@@H]1CC(=O)[C@H](NC(=O)[C@@H](CC(C)C)NC)[C@H](O)c2ccc(c(Cl)c2)Oc2cc3cc(c2OC2OC(CO)C(O)C(O)C2OC2CC(C)(N)C(O)C(C)O2)Oc2ccc(cc2Cl)[C@@H](O)[C@@H]2NC(=O)[C@H](CC(=O)[C@@H]3NC1=O)c1ccc(O)c(c1)-c1c(O)cc(O)cc1[C@@H](C(=O)CC1C3CC4CC(C3)CC1C4)NC2=O. The molecule has 122 heavy (non-hydrogen) atoms. The lowest BCUT2D eigenvalue weighted by molar-refractivity contribution is -0.333. The third kappa shape index (κ3) is 20.1. The Kier molecular flexibility index (Phi) is 28.6. The van der Waals surface area contributed by atoms with Gasteiger partial charge in [0, 0.05) is 61.4 Å². The van der Waals surface area contributed by atoms with Crippen LogP contribution < -0.4 is 57.2 Å². The van der Waals surface area contributed by atoms with Gasteiger partial charge in [-0.2, -0.15) is 0 Å². The Hall–Kier alpha value is -9.13. The molecular formula is C88H110Cl2N8O24. The molecule has 34 heteroatoms. The lowest BCUT2D eigenvalue weighted by Crippen LogP contribution is -2.64. The number of phenolic OH excluding ortho intramolecular Hbond substituents is 3. The zero-order valence-electron chi connectivity index (χ0n) is 68.7. The van der Waals surface area contributed by atoms with E-state index in [1.807, 2.05) is 13.8 Å². The zero-order chi connectivity index (χ0) is 87.6. The molecule has 18 atom stereocenters. The molecule has 0 aromatic heterocycles. The van der Waals surface area contributed by atoms with E-state index in [9.17, 15) is 60.3 Å². The van der Waals surface area contributed by atoms with Gasteiger partial charge >= 0.3 is 6.03 Å². The number of likely N-dealkylation sites (N-methyl/N-ethyl adjacent to an activating group) is 1. The highest BCUT2D eigenvalue weighted by Gasteiger charge is 2.53. The van der Waals surface area contributed by atoms with Gasteiger partial charge in [-0.25, -0.2) is 4.79 Å². The van der Waals surface area contributed by atoms with Crippen LogP contribution in [0.25, 0.3) is 11.1 Å². The summed E-state index contributed by atoms with van der Waals surface area (Å²) in [6.45, 7) is 7.99. The molecule has 15 bridgehead atoms. The fourth-order valence-electron chi connectivity index (χ4n) is 19.1. The van der Waals surface area contributed by atoms with E-state index in [4.69, 9.17) is 57.4 Å². The summed E-state index contributed by atoms with van der Waals surface area (Å²) in [5, 5.41) is 125. The second-order valence-corrected chi connectivity index (χ2v) is 35.6. The maximum absolute atomic E-state index is 16.7. The van der Waals surface area contributed by atoms with Crippen LogP contribution in [0.15, 0.2) is 78.9 Å². The molecule has 7 aliphatic heterocycles. The summed E-state index contributed by atoms with van der Waals surface area (Å²) in [6, 6.07) is 5.20. The zero-order valence-corrected chi connectivity index (χ0v) is 70.2. The number of nitrogens with one attached hydrogen (secondary N) is 7. The van der Waals surface area contributed by atoms with Gasteiger partial charge in [-0.15, -0.1) is 0 Å². The van der Waals surface area contributed by atoms with Crippen molar-refractivity contribution in [2.24, 2.45) is 47.2 Å². The molecule has 0 radical (unpaired) electrons. The number of hydrogen-bond acceptors (Lipinski definition) is 26. The Morgan fingerprint density at radius 3 is 1.95 bits per heavy atom. The third-order valence-corrected chi connectivity index (χ3v) is 25.9. The van der Waals surface area contributed by atoms with Gasteiger partial charge < -0.3 is 112 Å². The van der Waals surface area contributed by atoms with Crippen LogP contribution in [0.4, 0.5) is 4.79 Å². The van der Waals surface area contributed by atoms with Gasteiger partial charge in [0.1, 0.15) is 83.4 Å². The van der Waals surface area contributed by atoms with E-state index < -0.39 is 222 Å². The number of urea groups is 1. The van der Waals surface area contributed by atoms with Crippen LogP contribution in [0.3, 0.4) is 0 Å². The van der Waals surface area contributed by atoms with Gasteiger partial charge in [-0.05, 0) is 184 Å². The number of rotatable bonds is 22. The number of benzene rings is 5. The van der Waals surface area contributed by atoms with Gasteiger partial charge in [-0.1, -0.05) is 94.3 Å². The van der Waals surface area contributed by atoms with Gasteiger partial charge in [0.25, 0.3) is 0 Å². The molecule has 18 N–H and O–H groups in total. The quantitative estimate of drug-likeness (QED) is 0.0295. The monoisotopic (exact) mass is 1730 g/mol. The largest absolute Gasteiger partial charge is 0.508 e. The summed E-state index contributed by atoms with van der Waals surface area (Å²) in [5.74, 6) is -15.4. The standard InChI is InChI=1S/C88H110Cl2N8O24/c1-7-8-9-10-11-12-19-93-87(116)94-68(106)32-49-29-60(103)73(97-84(114)57(92-6)20-39(2)3)75(107)44-14-17-63(55(89)27-44)118-65-30-48-31-66(79(65)122-86-80(78(110)77(109)67(38-99)120-86)121-69-37-88(5,91)81(111)40(4)117-69)119-64-18-15-45(28-56(64)90)76(108)74-85(115)96-72(62(105)35-51-46-22-41-21-42(24-46)25-47(51)23-41)54-33-50(100)34-59(102)70(54)53-26-43(13-16-58(53)101)52(83(113)98-74)36-61(104)71(48)95-82(49)112/h13-18,26-28,30-31,33-34,39-42,46-47,49,51-52,57,67,69,71-78,80-81,86,92,99-102,107-111H,7-12,19-25,29,32,35-38,91H2,1-6H3,(H,95,112)(H,96,115)(H,97,114)(H,98,113)(H2,93,94,106,116)/t40?,41?,42?,46?,47?,49-,51?,52+,57+,67?,69?,71+,72-,73-,74-,75+,76+,77?,78?,80?,81?,86?,88?/m0/s1. The van der Waals surface area contributed by atoms with Crippen LogP contribution >= 0.6 is 23.2 Å². The Bertz CT molecular complexity index is 4730. The number of aromatic hydroxyl groups is 3. The van der Waals surface area contributed by atoms with Gasteiger partial charge in [0.05, 0.1) is 46.7 Å². The molecule has 7 heterocycles. The number of nitrogens with two attached hydrogens (primary N) is 1. The number of unbranched alkanes of at least 4 members (excludes halogenated alkanes) is 5. The van der Waals surface area contributed by atoms with E-state index in [-0.39, 0.29) is 110 Å². The van der Waals surface area contributed by atoms with Crippen LogP contribution in [0.5, 0.6) is 46.0 Å². The number of imide groups is 1. The van der Waals surface area contributed by atoms with Gasteiger partial charge in [0.2, 0.25) is 41.6 Å². The van der Waals surface area contributed by atoms with Crippen molar-refractivity contribution in [1.82, 2.24) is 37.2 Å². The van der Waals surface area contributed by atoms with E-state index in [0.29, 0.717) is 18.3 Å². The molecule has 5 aromatic carbocycles. The molecule has 4 aliphatic carbocycles. The third-order valence-electron chi connectivity index (χ3n) is 25.4. The van der Waals surface area contributed by atoms with Crippen LogP contribution in [0.1, 0.15) is 202 Å². The molecule has 5 aromatic rings. The number of Topliss-reactive ketones (excluding diaryl/α,β-unsaturated/α-hetero) is 3. The minimum atomic E-state index is -2.24. The number of fused-ring (bicyclic) bond motifs is 15. The molecular weight excluding hydrogens is 1620 g/mol. The fraction of sp³-hybridized carbons (Fsp3) is 0.557. The van der Waals surface area contributed by atoms with E-state index >= 15 is 28.8 Å². The second kappa shape index (κ2) is 38.5. The molecule has 660 valence electrons. The van der Waals surface area contributed by atoms with Crippen molar-refractivity contribution in [3.05, 3.63) is 117 Å². The number of aliphatic hydroxyl groups is 6. The van der Waals surface area contributed by atoms with Crippen LogP contribution in [-0.4, -0.2) is 192 Å². The highest BCUT2D eigenvalue weighted by molar-refractivity contribution is 6.32. The molecule has 11 aliphatic rings. The first kappa shape index (κ1) is 90.6. The number of ether oxygens (including phenoxy) is 6. The Labute approximate surface area is 715 Å². The first-order valence-corrected chi connectivity index (χ1v) is 42.8. The fourth-order valence-corrected chi connectivity index (χ4v) is 19.6. The van der Waals surface area contributed by atoms with Crippen LogP contribution in [-0.2, 0) is 52.6 Å². The maximum atomic E-state index is 16.7. The molecule has 2 saturated heterocycles. The predicted octanol–water partition coefficient (Wildman–Crippen LogP) is 7.73. The molecule has 9 unspecified atom stereocenters. The summed E-state index contributed by atoms with van der Waals surface area (Å²) in [5.41, 5.74) is 3.58. The van der Waals surface area contributed by atoms with E-state index in [1.165, 1.54) is 69.4 Å². The smallest absolute Gasteiger partial charge is 0.321 e. The van der Waals surface area contributed by atoms with Crippen molar-refractivity contribution in [1.29, 1.82) is 0 Å². The summed E-state index contributed by atoms with van der Waals surface area (Å²) < 4.78 is 39.2. The Morgan fingerprint density at radius 1 is 0.689 bits per heavy atom. The number of halogens is 2. The van der Waals surface area contributed by atoms with Crippen LogP contribution in [0.2, 0.25) is 10.0 Å². The number of amides is 7. The number of ketones is 3. The first-order valence-electron chi connectivity index (χ1n) is 42.1. The summed E-state index contributed by atoms with van der Waals surface area (Å²) in [6.07, 6.45) is -10.6. The highest BCUT2D eigenvalue weighted by Crippen LogP contribution is 2.58. The lowest BCUT2D eigenvalue weighted by Gasteiger charge is -2.54. The van der Waals surface area contributed by atoms with Crippen molar-refractivity contribution >= 4 is 76.1 Å². The van der Waals surface area contributed by atoms with Crippen LogP contribution in [0, 0.1) is 41.4 Å². The normalized spacial score (nSPS) is 31.0. The van der Waals surface area contributed by atoms with Crippen molar-refractivity contribution < 1.29 is 118 Å². The van der Waals surface area contributed by atoms with Crippen molar-refractivity contribution in [2.45, 2.75) is 247 Å². The minimum absolute atomic E-state index is 0.0763. The van der Waals surface area contributed by atoms with Crippen molar-refractivity contribution in [3.63, 3.8) is 0 Å². The topological polar surface area (TPSA) is 501 Å². The van der Waals surface area contributed by atoms with E-state index in [1.54, 1.807) is 0 Å². The minimum Gasteiger partial charge on any atom is -0.508 e. The molecule has 7 amide bonds. The lowest BCUT2D eigenvalue weighted by atomic mass is 9.51. The average Bonchev–Trinajstić information content (AvgIpc) is 0.761. The molecule has 6 fully saturated rings. The summed E-state index contributed by atoms with van der Waals surface area (Å²) >= 11 is 14.5. The molecule has 0 spiro atoms. The van der Waals surface area contributed by atoms with Crippen molar-refractivity contribution in [3.8, 4) is 57.1 Å². The Balaban J connectivity index is 1.01. The van der Waals surface area contributed by atoms with Crippen molar-refractivity contribution in [2.75, 3.05) is 20.2 Å². The number of aliphatic hydroxyl groups excluding tert-OH is 6. The highest BCUT2D eigenvalue weighted by atomic mass is 35.5. The Morgan fingerprint density at radius 2 is 1.33 bits per heavy atom. The second-order valence-electron chi connectivity index (χ2n) is 34.8. The van der Waals surface area contributed by atoms with Gasteiger partial charge in [-0.3, -0.25) is 43.7 Å². The van der Waals surface area contributed by atoms with Gasteiger partial charge in [0.15, 0.2) is 41.2 Å². The average molecular weight is 1730 g/mol. The van der Waals surface area contributed by atoms with E-state index in [0.717, 1.165) is 94.5 Å². The molecule has 32 nitrogen and oxygen atoms in total.